The summed E-state index contributed by atoms with van der Waals surface area (Å²) in [4.78, 5) is 0. The highest BCUT2D eigenvalue weighted by molar-refractivity contribution is 7.99. The summed E-state index contributed by atoms with van der Waals surface area (Å²) in [5.41, 5.74) is 5.80. The van der Waals surface area contributed by atoms with Crippen LogP contribution in [0.3, 0.4) is 0 Å². The van der Waals surface area contributed by atoms with Crippen molar-refractivity contribution in [2.24, 2.45) is 0 Å². The molecule has 1 aromatic rings. The van der Waals surface area contributed by atoms with Gasteiger partial charge in [-0.05, 0) is 12.1 Å². The first-order valence-corrected chi connectivity index (χ1v) is 5.98. The van der Waals surface area contributed by atoms with Crippen LogP contribution in [0, 0.1) is 11.6 Å². The van der Waals surface area contributed by atoms with E-state index in [1.165, 1.54) is 6.07 Å². The Bertz CT molecular complexity index is 369. The van der Waals surface area contributed by atoms with Gasteiger partial charge in [0.15, 0.2) is 11.6 Å². The first kappa shape index (κ1) is 12.8. The number of halogens is 2. The van der Waals surface area contributed by atoms with Crippen molar-refractivity contribution in [3.63, 3.8) is 0 Å². The molecular formula is C11H14F2N2S. The number of benzene rings is 1. The van der Waals surface area contributed by atoms with Crippen LogP contribution in [0.1, 0.15) is 0 Å². The van der Waals surface area contributed by atoms with Crippen molar-refractivity contribution in [2.45, 2.75) is 0 Å². The normalized spacial score (nSPS) is 10.1. The Balaban J connectivity index is 2.53. The van der Waals surface area contributed by atoms with E-state index >= 15 is 0 Å². The minimum absolute atomic E-state index is 0.0409. The van der Waals surface area contributed by atoms with Crippen molar-refractivity contribution in [3.8, 4) is 0 Å². The van der Waals surface area contributed by atoms with Crippen LogP contribution in [0.2, 0.25) is 0 Å². The highest BCUT2D eigenvalue weighted by Gasteiger charge is 2.10. The third-order valence-corrected chi connectivity index (χ3v) is 2.88. The van der Waals surface area contributed by atoms with Crippen LogP contribution in [-0.4, -0.2) is 18.1 Å². The fourth-order valence-corrected chi connectivity index (χ4v) is 1.74. The van der Waals surface area contributed by atoms with Crippen molar-refractivity contribution >= 4 is 23.1 Å². The predicted octanol–water partition coefficient (Wildman–Crippen LogP) is 2.88. The maximum absolute atomic E-state index is 13.3. The summed E-state index contributed by atoms with van der Waals surface area (Å²) in [6, 6.07) is 2.36. The molecule has 0 spiro atoms. The molecule has 1 rings (SSSR count). The van der Waals surface area contributed by atoms with Gasteiger partial charge in [0.1, 0.15) is 0 Å². The van der Waals surface area contributed by atoms with E-state index < -0.39 is 11.6 Å². The van der Waals surface area contributed by atoms with Gasteiger partial charge in [-0.25, -0.2) is 8.78 Å². The monoisotopic (exact) mass is 244 g/mol. The van der Waals surface area contributed by atoms with Crippen molar-refractivity contribution in [3.05, 3.63) is 36.4 Å². The summed E-state index contributed by atoms with van der Waals surface area (Å²) in [7, 11) is 0. The Morgan fingerprint density at radius 2 is 2.19 bits per heavy atom. The molecule has 0 unspecified atom stereocenters. The fraction of sp³-hybridized carbons (Fsp3) is 0.273. The molecule has 1 aromatic carbocycles. The van der Waals surface area contributed by atoms with Gasteiger partial charge in [-0.2, -0.15) is 11.8 Å². The summed E-state index contributed by atoms with van der Waals surface area (Å²) in [6.07, 6.45) is 1.79. The highest BCUT2D eigenvalue weighted by atomic mass is 32.2. The molecule has 0 aliphatic carbocycles. The second kappa shape index (κ2) is 6.37. The lowest BCUT2D eigenvalue weighted by Gasteiger charge is -2.10. The summed E-state index contributed by atoms with van der Waals surface area (Å²) in [5, 5.41) is 2.79. The van der Waals surface area contributed by atoms with Crippen molar-refractivity contribution < 1.29 is 8.78 Å². The highest BCUT2D eigenvalue weighted by Crippen LogP contribution is 2.24. The maximum atomic E-state index is 13.3. The fourth-order valence-electron chi connectivity index (χ4n) is 1.16. The van der Waals surface area contributed by atoms with Gasteiger partial charge in [-0.3, -0.25) is 0 Å². The number of rotatable bonds is 6. The van der Waals surface area contributed by atoms with Gasteiger partial charge >= 0.3 is 0 Å². The zero-order valence-electron chi connectivity index (χ0n) is 8.80. The van der Waals surface area contributed by atoms with E-state index in [4.69, 9.17) is 5.73 Å². The number of hydrogen-bond acceptors (Lipinski definition) is 3. The molecule has 0 aliphatic rings. The number of nitrogens with one attached hydrogen (secondary N) is 1. The van der Waals surface area contributed by atoms with Gasteiger partial charge in [0.2, 0.25) is 0 Å². The average molecular weight is 244 g/mol. The first-order chi connectivity index (χ1) is 7.66. The Kier molecular flexibility index (Phi) is 5.11. The van der Waals surface area contributed by atoms with Crippen LogP contribution in [-0.2, 0) is 0 Å². The van der Waals surface area contributed by atoms with Gasteiger partial charge in [-0.15, -0.1) is 6.58 Å². The molecule has 0 fully saturated rings. The van der Waals surface area contributed by atoms with E-state index in [9.17, 15) is 8.78 Å². The second-order valence-electron chi connectivity index (χ2n) is 3.12. The molecule has 0 amide bonds. The summed E-state index contributed by atoms with van der Waals surface area (Å²) < 4.78 is 26.2. The summed E-state index contributed by atoms with van der Waals surface area (Å²) in [6.45, 7) is 4.12. The standard InChI is InChI=1S/C11H14F2N2S/c1-2-6-16-7-5-15-11-9(14)4-3-8(12)10(11)13/h2-4,15H,1,5-7,14H2. The lowest BCUT2D eigenvalue weighted by molar-refractivity contribution is 0.511. The average Bonchev–Trinajstić information content (AvgIpc) is 2.28. The summed E-state index contributed by atoms with van der Waals surface area (Å²) in [5.74, 6) is -0.200. The molecule has 0 atom stereocenters. The predicted molar refractivity (Wildman–Crippen MR) is 66.8 cm³/mol. The molecule has 0 bridgehead atoms. The molecular weight excluding hydrogens is 230 g/mol. The van der Waals surface area contributed by atoms with Crippen molar-refractivity contribution in [1.82, 2.24) is 0 Å². The van der Waals surface area contributed by atoms with Crippen LogP contribution in [0.15, 0.2) is 24.8 Å². The molecule has 0 saturated carbocycles. The van der Waals surface area contributed by atoms with Crippen LogP contribution >= 0.6 is 11.8 Å². The lowest BCUT2D eigenvalue weighted by Crippen LogP contribution is -2.09. The van der Waals surface area contributed by atoms with Gasteiger partial charge in [0.05, 0.1) is 11.4 Å². The maximum Gasteiger partial charge on any atom is 0.183 e. The van der Waals surface area contributed by atoms with Gasteiger partial charge in [-0.1, -0.05) is 6.08 Å². The quantitative estimate of drug-likeness (QED) is 0.459. The minimum Gasteiger partial charge on any atom is -0.397 e. The van der Waals surface area contributed by atoms with E-state index in [2.05, 4.69) is 11.9 Å². The van der Waals surface area contributed by atoms with Crippen LogP contribution in [0.4, 0.5) is 20.2 Å². The number of thioether (sulfide) groups is 1. The van der Waals surface area contributed by atoms with E-state index in [1.54, 1.807) is 17.8 Å². The second-order valence-corrected chi connectivity index (χ2v) is 4.27. The molecule has 5 heteroatoms. The zero-order chi connectivity index (χ0) is 12.0. The number of nitrogen functional groups attached to an aromatic ring is 1. The van der Waals surface area contributed by atoms with Crippen LogP contribution in [0.5, 0.6) is 0 Å². The van der Waals surface area contributed by atoms with E-state index in [0.29, 0.717) is 6.54 Å². The first-order valence-electron chi connectivity index (χ1n) is 4.82. The summed E-state index contributed by atoms with van der Waals surface area (Å²) >= 11 is 1.65. The van der Waals surface area contributed by atoms with Crippen LogP contribution < -0.4 is 11.1 Å². The Labute approximate surface area is 97.9 Å². The lowest BCUT2D eigenvalue weighted by atomic mass is 10.2. The molecule has 0 radical (unpaired) electrons. The van der Waals surface area contributed by atoms with E-state index in [0.717, 1.165) is 17.6 Å². The molecule has 0 heterocycles. The molecule has 0 saturated heterocycles. The van der Waals surface area contributed by atoms with Crippen molar-refractivity contribution in [2.75, 3.05) is 29.1 Å². The molecule has 88 valence electrons. The number of hydrogen-bond donors (Lipinski definition) is 2. The molecule has 3 N–H and O–H groups in total. The van der Waals surface area contributed by atoms with Crippen LogP contribution in [0.25, 0.3) is 0 Å². The smallest absolute Gasteiger partial charge is 0.183 e. The Morgan fingerprint density at radius 3 is 2.88 bits per heavy atom. The molecule has 2 nitrogen and oxygen atoms in total. The van der Waals surface area contributed by atoms with E-state index in [1.807, 2.05) is 0 Å². The molecule has 16 heavy (non-hydrogen) atoms. The Morgan fingerprint density at radius 1 is 1.44 bits per heavy atom. The van der Waals surface area contributed by atoms with Gasteiger partial charge < -0.3 is 11.1 Å². The molecule has 0 aromatic heterocycles. The van der Waals surface area contributed by atoms with Crippen molar-refractivity contribution in [1.29, 1.82) is 0 Å². The van der Waals surface area contributed by atoms with E-state index in [-0.39, 0.29) is 11.4 Å². The van der Waals surface area contributed by atoms with Gasteiger partial charge in [0, 0.05) is 18.1 Å². The number of anilines is 2. The largest absolute Gasteiger partial charge is 0.397 e. The van der Waals surface area contributed by atoms with Gasteiger partial charge in [0.25, 0.3) is 0 Å². The molecule has 0 aliphatic heterocycles. The SMILES string of the molecule is C=CCSCCNc1c(N)ccc(F)c1F. The topological polar surface area (TPSA) is 38.0 Å². The number of nitrogens with two attached hydrogens (primary N) is 1. The Hall–Kier alpha value is -1.23. The zero-order valence-corrected chi connectivity index (χ0v) is 9.62. The third kappa shape index (κ3) is 3.41. The minimum atomic E-state index is -0.922. The third-order valence-electron chi connectivity index (χ3n) is 1.91.